The number of likely N-dealkylation sites (tertiary alicyclic amines) is 1. The zero-order valence-corrected chi connectivity index (χ0v) is 11.5. The third-order valence-electron chi connectivity index (χ3n) is 4.02. The van der Waals surface area contributed by atoms with E-state index in [9.17, 15) is 4.79 Å². The first-order valence-corrected chi connectivity index (χ1v) is 7.08. The quantitative estimate of drug-likeness (QED) is 0.847. The monoisotopic (exact) mass is 265 g/mol. The van der Waals surface area contributed by atoms with Gasteiger partial charge in [0.05, 0.1) is 12.7 Å². The lowest BCUT2D eigenvalue weighted by Crippen LogP contribution is -2.49. The number of piperidine rings is 1. The summed E-state index contributed by atoms with van der Waals surface area (Å²) in [4.78, 5) is 14.2. The second-order valence-electron chi connectivity index (χ2n) is 5.19. The minimum atomic E-state index is 0.181. The minimum absolute atomic E-state index is 0.181. The van der Waals surface area contributed by atoms with Crippen molar-refractivity contribution in [1.29, 1.82) is 0 Å². The molecule has 0 radical (unpaired) electrons. The van der Waals surface area contributed by atoms with Gasteiger partial charge in [-0.15, -0.1) is 5.10 Å². The Kier molecular flexibility index (Phi) is 4.90. The summed E-state index contributed by atoms with van der Waals surface area (Å²) in [5.41, 5.74) is 5.82. The summed E-state index contributed by atoms with van der Waals surface area (Å²) < 4.78 is 1.69. The Morgan fingerprint density at radius 3 is 3.00 bits per heavy atom. The standard InChI is InChI=1S/C13H23N5O/c1-2-11-3-7-18(12(9-11)10-14)13(19)4-6-17-8-5-15-16-17/h5,8,11-12H,2-4,6-7,9-10,14H2,1H3. The summed E-state index contributed by atoms with van der Waals surface area (Å²) in [5.74, 6) is 0.897. The first kappa shape index (κ1) is 14.0. The van der Waals surface area contributed by atoms with Gasteiger partial charge in [-0.25, -0.2) is 0 Å². The van der Waals surface area contributed by atoms with Gasteiger partial charge >= 0.3 is 0 Å². The molecule has 1 fully saturated rings. The average Bonchev–Trinajstić information content (AvgIpc) is 2.97. The van der Waals surface area contributed by atoms with Crippen LogP contribution in [-0.2, 0) is 11.3 Å². The van der Waals surface area contributed by atoms with Crippen LogP contribution in [0.25, 0.3) is 0 Å². The molecule has 1 amide bonds. The molecule has 2 unspecified atom stereocenters. The fourth-order valence-corrected chi connectivity index (χ4v) is 2.76. The fourth-order valence-electron chi connectivity index (χ4n) is 2.76. The van der Waals surface area contributed by atoms with E-state index >= 15 is 0 Å². The lowest BCUT2D eigenvalue weighted by Gasteiger charge is -2.39. The normalized spacial score (nSPS) is 23.6. The molecule has 0 saturated carbocycles. The molecule has 1 aromatic rings. The number of nitrogens with two attached hydrogens (primary N) is 1. The maximum atomic E-state index is 12.3. The van der Waals surface area contributed by atoms with Crippen molar-refractivity contribution in [3.63, 3.8) is 0 Å². The SMILES string of the molecule is CCC1CCN(C(=O)CCn2ccnn2)C(CN)C1. The van der Waals surface area contributed by atoms with Gasteiger partial charge in [0.15, 0.2) is 0 Å². The minimum Gasteiger partial charge on any atom is -0.338 e. The highest BCUT2D eigenvalue weighted by Crippen LogP contribution is 2.25. The van der Waals surface area contributed by atoms with E-state index < -0.39 is 0 Å². The van der Waals surface area contributed by atoms with Gasteiger partial charge in [-0.2, -0.15) is 0 Å². The van der Waals surface area contributed by atoms with Crippen molar-refractivity contribution in [2.75, 3.05) is 13.1 Å². The maximum Gasteiger partial charge on any atom is 0.224 e. The molecule has 2 atom stereocenters. The number of carbonyl (C=O) groups excluding carboxylic acids is 1. The van der Waals surface area contributed by atoms with E-state index in [1.54, 1.807) is 17.1 Å². The molecule has 0 bridgehead atoms. The van der Waals surface area contributed by atoms with Crippen molar-refractivity contribution in [3.05, 3.63) is 12.4 Å². The molecule has 0 aromatic carbocycles. The molecule has 1 saturated heterocycles. The fraction of sp³-hybridized carbons (Fsp3) is 0.769. The first-order valence-electron chi connectivity index (χ1n) is 7.08. The molecule has 106 valence electrons. The number of hydrogen-bond donors (Lipinski definition) is 1. The van der Waals surface area contributed by atoms with Crippen molar-refractivity contribution >= 4 is 5.91 Å². The van der Waals surface area contributed by atoms with Crippen LogP contribution in [-0.4, -0.2) is 44.9 Å². The van der Waals surface area contributed by atoms with Crippen molar-refractivity contribution in [2.24, 2.45) is 11.7 Å². The van der Waals surface area contributed by atoms with E-state index in [2.05, 4.69) is 17.2 Å². The topological polar surface area (TPSA) is 77.0 Å². The highest BCUT2D eigenvalue weighted by atomic mass is 16.2. The summed E-state index contributed by atoms with van der Waals surface area (Å²) >= 11 is 0. The predicted molar refractivity (Wildman–Crippen MR) is 72.2 cm³/mol. The molecule has 0 aliphatic carbocycles. The summed E-state index contributed by atoms with van der Waals surface area (Å²) in [6.45, 7) is 4.20. The van der Waals surface area contributed by atoms with Crippen molar-refractivity contribution in [2.45, 2.75) is 45.2 Å². The summed E-state index contributed by atoms with van der Waals surface area (Å²) in [6, 6.07) is 0.210. The molecule has 2 rings (SSSR count). The average molecular weight is 265 g/mol. The molecular formula is C13H23N5O. The van der Waals surface area contributed by atoms with Crippen LogP contribution < -0.4 is 5.73 Å². The molecule has 2 N–H and O–H groups in total. The van der Waals surface area contributed by atoms with Gasteiger partial charge in [0.1, 0.15) is 0 Å². The van der Waals surface area contributed by atoms with E-state index in [1.165, 1.54) is 6.42 Å². The third-order valence-corrected chi connectivity index (χ3v) is 4.02. The van der Waals surface area contributed by atoms with Crippen LogP contribution in [0.4, 0.5) is 0 Å². The van der Waals surface area contributed by atoms with Gasteiger partial charge in [0.25, 0.3) is 0 Å². The van der Waals surface area contributed by atoms with E-state index in [0.29, 0.717) is 25.4 Å². The highest BCUT2D eigenvalue weighted by molar-refractivity contribution is 5.76. The molecule has 6 heteroatoms. The molecule has 1 aliphatic rings. The van der Waals surface area contributed by atoms with Crippen LogP contribution in [0.1, 0.15) is 32.6 Å². The Labute approximate surface area is 113 Å². The van der Waals surface area contributed by atoms with E-state index in [1.807, 2.05) is 4.90 Å². The van der Waals surface area contributed by atoms with Gasteiger partial charge < -0.3 is 10.6 Å². The van der Waals surface area contributed by atoms with Crippen LogP contribution in [0.5, 0.6) is 0 Å². The van der Waals surface area contributed by atoms with E-state index in [0.717, 1.165) is 19.4 Å². The first-order chi connectivity index (χ1) is 9.24. The largest absolute Gasteiger partial charge is 0.338 e. The zero-order chi connectivity index (χ0) is 13.7. The molecule has 19 heavy (non-hydrogen) atoms. The number of nitrogens with zero attached hydrogens (tertiary/aromatic N) is 4. The Morgan fingerprint density at radius 2 is 2.37 bits per heavy atom. The Hall–Kier alpha value is -1.43. The second kappa shape index (κ2) is 6.65. The van der Waals surface area contributed by atoms with Gasteiger partial charge in [0, 0.05) is 31.7 Å². The molecular weight excluding hydrogens is 242 g/mol. The second-order valence-corrected chi connectivity index (χ2v) is 5.19. The number of aryl methyl sites for hydroxylation is 1. The van der Waals surface area contributed by atoms with Gasteiger partial charge in [-0.05, 0) is 18.8 Å². The van der Waals surface area contributed by atoms with Gasteiger partial charge in [-0.1, -0.05) is 18.6 Å². The van der Waals surface area contributed by atoms with Crippen LogP contribution in [0, 0.1) is 5.92 Å². The van der Waals surface area contributed by atoms with Crippen LogP contribution >= 0.6 is 0 Å². The Balaban J connectivity index is 1.87. The van der Waals surface area contributed by atoms with E-state index in [4.69, 9.17) is 5.73 Å². The number of carbonyl (C=O) groups is 1. The van der Waals surface area contributed by atoms with E-state index in [-0.39, 0.29) is 11.9 Å². The van der Waals surface area contributed by atoms with Crippen molar-refractivity contribution in [1.82, 2.24) is 19.9 Å². The third kappa shape index (κ3) is 3.53. The Morgan fingerprint density at radius 1 is 1.53 bits per heavy atom. The van der Waals surface area contributed by atoms with Crippen LogP contribution in [0.15, 0.2) is 12.4 Å². The number of hydrogen-bond acceptors (Lipinski definition) is 4. The summed E-state index contributed by atoms with van der Waals surface area (Å²) in [6.07, 6.45) is 7.19. The smallest absolute Gasteiger partial charge is 0.224 e. The number of amides is 1. The summed E-state index contributed by atoms with van der Waals surface area (Å²) in [5, 5.41) is 7.60. The zero-order valence-electron chi connectivity index (χ0n) is 11.5. The van der Waals surface area contributed by atoms with Gasteiger partial charge in [-0.3, -0.25) is 9.48 Å². The lowest BCUT2D eigenvalue weighted by atomic mass is 9.88. The van der Waals surface area contributed by atoms with Crippen LogP contribution in [0.3, 0.4) is 0 Å². The molecule has 1 aromatic heterocycles. The number of aromatic nitrogens is 3. The van der Waals surface area contributed by atoms with Crippen molar-refractivity contribution < 1.29 is 4.79 Å². The maximum absolute atomic E-state index is 12.3. The summed E-state index contributed by atoms with van der Waals surface area (Å²) in [7, 11) is 0. The molecule has 2 heterocycles. The highest BCUT2D eigenvalue weighted by Gasteiger charge is 2.29. The lowest BCUT2D eigenvalue weighted by molar-refractivity contribution is -0.135. The molecule has 6 nitrogen and oxygen atoms in total. The van der Waals surface area contributed by atoms with Crippen molar-refractivity contribution in [3.8, 4) is 0 Å². The van der Waals surface area contributed by atoms with Crippen LogP contribution in [0.2, 0.25) is 0 Å². The molecule has 1 aliphatic heterocycles. The predicted octanol–water partition coefficient (Wildman–Crippen LogP) is 0.644. The molecule has 0 spiro atoms. The Bertz CT molecular complexity index is 392. The number of rotatable bonds is 5. The van der Waals surface area contributed by atoms with Gasteiger partial charge in [0.2, 0.25) is 5.91 Å².